The largest absolute Gasteiger partial charge is 0.480 e. The molecular weight excluding hydrogens is 414 g/mol. The van der Waals surface area contributed by atoms with Crippen LogP contribution in [0.5, 0.6) is 0 Å². The highest BCUT2D eigenvalue weighted by Gasteiger charge is 2.27. The molecule has 0 saturated heterocycles. The van der Waals surface area contributed by atoms with E-state index in [1.807, 2.05) is 20.1 Å². The van der Waals surface area contributed by atoms with Crippen molar-refractivity contribution in [1.29, 1.82) is 0 Å². The molecule has 0 saturated carbocycles. The summed E-state index contributed by atoms with van der Waals surface area (Å²) in [5, 5.41) is 16.6. The van der Waals surface area contributed by atoms with Crippen LogP contribution in [-0.2, 0) is 24.0 Å². The number of primary amides is 1. The average Bonchev–Trinajstić information content (AvgIpc) is 2.66. The van der Waals surface area contributed by atoms with Crippen molar-refractivity contribution in [3.63, 3.8) is 0 Å². The quantitative estimate of drug-likeness (QED) is 0.175. The molecule has 0 aromatic rings. The number of carboxylic acids is 1. The first-order valence-corrected chi connectivity index (χ1v) is 11.0. The van der Waals surface area contributed by atoms with E-state index < -0.39 is 54.3 Å². The molecule has 0 heterocycles. The molecule has 0 aliphatic rings. The second-order valence-corrected chi connectivity index (χ2v) is 8.25. The highest BCUT2D eigenvalue weighted by molar-refractivity contribution is 7.98. The first-order chi connectivity index (χ1) is 14.0. The van der Waals surface area contributed by atoms with E-state index in [1.54, 1.807) is 0 Å². The van der Waals surface area contributed by atoms with Crippen LogP contribution in [0.2, 0.25) is 0 Å². The molecule has 8 N–H and O–H groups in total. The second-order valence-electron chi connectivity index (χ2n) is 7.26. The van der Waals surface area contributed by atoms with Crippen molar-refractivity contribution in [2.45, 2.75) is 57.7 Å². The van der Waals surface area contributed by atoms with Gasteiger partial charge in [-0.3, -0.25) is 19.2 Å². The molecule has 172 valence electrons. The highest BCUT2D eigenvalue weighted by Crippen LogP contribution is 2.07. The minimum Gasteiger partial charge on any atom is -0.480 e. The van der Waals surface area contributed by atoms with E-state index in [-0.39, 0.29) is 25.2 Å². The van der Waals surface area contributed by atoms with Gasteiger partial charge in [0.2, 0.25) is 23.6 Å². The van der Waals surface area contributed by atoms with Crippen LogP contribution < -0.4 is 27.4 Å². The average molecular weight is 448 g/mol. The third-order valence-electron chi connectivity index (χ3n) is 4.05. The number of thioether (sulfide) groups is 1. The van der Waals surface area contributed by atoms with E-state index in [4.69, 9.17) is 11.5 Å². The van der Waals surface area contributed by atoms with E-state index in [0.717, 1.165) is 0 Å². The van der Waals surface area contributed by atoms with Crippen LogP contribution in [0.15, 0.2) is 0 Å². The summed E-state index contributed by atoms with van der Waals surface area (Å²) >= 11 is 1.47. The lowest BCUT2D eigenvalue weighted by Gasteiger charge is -2.22. The van der Waals surface area contributed by atoms with Gasteiger partial charge in [0, 0.05) is 6.42 Å². The zero-order chi connectivity index (χ0) is 23.3. The fourth-order valence-corrected chi connectivity index (χ4v) is 2.91. The summed E-state index contributed by atoms with van der Waals surface area (Å²) in [7, 11) is 0. The predicted molar refractivity (Wildman–Crippen MR) is 113 cm³/mol. The standard InChI is InChI=1S/C18H33N5O6S/c1-10(2)8-13(18(28)29)23-17(27)12(6-7-30-3)22-15(25)9-21-16(26)11(19)4-5-14(20)24/h10-13H,4-9,19H2,1-3H3,(H2,20,24)(H,21,26)(H,22,25)(H,23,27)(H,28,29). The molecule has 4 amide bonds. The normalized spacial score (nSPS) is 13.8. The van der Waals surface area contributed by atoms with E-state index in [0.29, 0.717) is 12.2 Å². The summed E-state index contributed by atoms with van der Waals surface area (Å²) in [5.74, 6) is -2.97. The lowest BCUT2D eigenvalue weighted by Crippen LogP contribution is -2.54. The highest BCUT2D eigenvalue weighted by atomic mass is 32.2. The Morgan fingerprint density at radius 3 is 2.13 bits per heavy atom. The number of hydrogen-bond donors (Lipinski definition) is 6. The molecule has 3 atom stereocenters. The van der Waals surface area contributed by atoms with Crippen LogP contribution in [0.3, 0.4) is 0 Å². The Morgan fingerprint density at radius 1 is 1.00 bits per heavy atom. The van der Waals surface area contributed by atoms with Crippen molar-refractivity contribution in [2.75, 3.05) is 18.6 Å². The third kappa shape index (κ3) is 12.3. The Balaban J connectivity index is 4.80. The number of carbonyl (C=O) groups excluding carboxylic acids is 4. The molecular formula is C18H33N5O6S. The second kappa shape index (κ2) is 14.6. The van der Waals surface area contributed by atoms with Crippen LogP contribution in [0, 0.1) is 5.92 Å². The maximum atomic E-state index is 12.5. The number of hydrogen-bond acceptors (Lipinski definition) is 7. The minimum atomic E-state index is -1.15. The van der Waals surface area contributed by atoms with Crippen molar-refractivity contribution < 1.29 is 29.1 Å². The minimum absolute atomic E-state index is 0.0496. The van der Waals surface area contributed by atoms with Gasteiger partial charge in [-0.2, -0.15) is 11.8 Å². The number of carboxylic acid groups (broad SMARTS) is 1. The van der Waals surface area contributed by atoms with Crippen LogP contribution in [0.4, 0.5) is 0 Å². The molecule has 0 fully saturated rings. The number of nitrogens with one attached hydrogen (secondary N) is 3. The molecule has 11 nitrogen and oxygen atoms in total. The van der Waals surface area contributed by atoms with Gasteiger partial charge in [-0.15, -0.1) is 0 Å². The summed E-state index contributed by atoms with van der Waals surface area (Å²) in [4.78, 5) is 58.7. The summed E-state index contributed by atoms with van der Waals surface area (Å²) in [6, 6.07) is -3.00. The van der Waals surface area contributed by atoms with Crippen LogP contribution in [-0.4, -0.2) is 71.4 Å². The zero-order valence-electron chi connectivity index (χ0n) is 17.6. The van der Waals surface area contributed by atoms with Gasteiger partial charge < -0.3 is 32.5 Å². The molecule has 0 spiro atoms. The Bertz CT molecular complexity index is 616. The molecule has 30 heavy (non-hydrogen) atoms. The number of aliphatic carboxylic acids is 1. The monoisotopic (exact) mass is 447 g/mol. The van der Waals surface area contributed by atoms with Crippen molar-refractivity contribution in [2.24, 2.45) is 17.4 Å². The van der Waals surface area contributed by atoms with Crippen molar-refractivity contribution in [3.8, 4) is 0 Å². The number of carbonyl (C=O) groups is 5. The number of nitrogens with two attached hydrogens (primary N) is 2. The Kier molecular flexibility index (Phi) is 13.5. The molecule has 0 aliphatic carbocycles. The van der Waals surface area contributed by atoms with Gasteiger partial charge >= 0.3 is 5.97 Å². The first-order valence-electron chi connectivity index (χ1n) is 9.60. The molecule has 0 radical (unpaired) electrons. The van der Waals surface area contributed by atoms with E-state index >= 15 is 0 Å². The maximum absolute atomic E-state index is 12.5. The molecule has 0 aromatic carbocycles. The van der Waals surface area contributed by atoms with Gasteiger partial charge in [0.1, 0.15) is 12.1 Å². The summed E-state index contributed by atoms with van der Waals surface area (Å²) in [6.07, 6.45) is 2.37. The van der Waals surface area contributed by atoms with E-state index in [2.05, 4.69) is 16.0 Å². The van der Waals surface area contributed by atoms with Crippen LogP contribution >= 0.6 is 11.8 Å². The van der Waals surface area contributed by atoms with Gasteiger partial charge in [-0.1, -0.05) is 13.8 Å². The first kappa shape index (κ1) is 27.7. The van der Waals surface area contributed by atoms with Gasteiger partial charge in [0.15, 0.2) is 0 Å². The van der Waals surface area contributed by atoms with Gasteiger partial charge in [0.05, 0.1) is 12.6 Å². The molecule has 0 rings (SSSR count). The lowest BCUT2D eigenvalue weighted by molar-refractivity contribution is -0.142. The number of rotatable bonds is 15. The Labute approximate surface area is 180 Å². The summed E-state index contributed by atoms with van der Waals surface area (Å²) in [6.45, 7) is 3.26. The van der Waals surface area contributed by atoms with Crippen molar-refractivity contribution >= 4 is 41.4 Å². The third-order valence-corrected chi connectivity index (χ3v) is 4.69. The lowest BCUT2D eigenvalue weighted by atomic mass is 10.0. The van der Waals surface area contributed by atoms with Crippen LogP contribution in [0.1, 0.15) is 39.5 Å². The van der Waals surface area contributed by atoms with Crippen LogP contribution in [0.25, 0.3) is 0 Å². The predicted octanol–water partition coefficient (Wildman–Crippen LogP) is -1.45. The summed E-state index contributed by atoms with van der Waals surface area (Å²) in [5.41, 5.74) is 10.6. The molecule has 0 aromatic heterocycles. The van der Waals surface area contributed by atoms with Crippen molar-refractivity contribution in [3.05, 3.63) is 0 Å². The SMILES string of the molecule is CSCCC(NC(=O)CNC(=O)C(N)CCC(N)=O)C(=O)NC(CC(C)C)C(=O)O. The maximum Gasteiger partial charge on any atom is 0.326 e. The molecule has 0 bridgehead atoms. The van der Waals surface area contributed by atoms with Crippen molar-refractivity contribution in [1.82, 2.24) is 16.0 Å². The van der Waals surface area contributed by atoms with E-state index in [1.165, 1.54) is 11.8 Å². The molecule has 3 unspecified atom stereocenters. The molecule has 0 aliphatic heterocycles. The zero-order valence-corrected chi connectivity index (χ0v) is 18.4. The Hall–Kier alpha value is -2.34. The van der Waals surface area contributed by atoms with Gasteiger partial charge in [-0.05, 0) is 37.2 Å². The fourth-order valence-electron chi connectivity index (χ4n) is 2.44. The Morgan fingerprint density at radius 2 is 1.63 bits per heavy atom. The van der Waals surface area contributed by atoms with E-state index in [9.17, 15) is 29.1 Å². The topological polar surface area (TPSA) is 194 Å². The smallest absolute Gasteiger partial charge is 0.326 e. The summed E-state index contributed by atoms with van der Waals surface area (Å²) < 4.78 is 0. The number of amides is 4. The van der Waals surface area contributed by atoms with Gasteiger partial charge in [-0.25, -0.2) is 4.79 Å². The van der Waals surface area contributed by atoms with Gasteiger partial charge in [0.25, 0.3) is 0 Å². The fraction of sp³-hybridized carbons (Fsp3) is 0.722. The molecule has 12 heteroatoms.